The second kappa shape index (κ2) is 5.89. The molecule has 0 saturated carbocycles. The molecule has 2 rings (SSSR count). The highest BCUT2D eigenvalue weighted by Crippen LogP contribution is 2.30. The minimum absolute atomic E-state index is 0.496. The summed E-state index contributed by atoms with van der Waals surface area (Å²) in [4.78, 5) is 10.7. The van der Waals surface area contributed by atoms with Gasteiger partial charge in [0.25, 0.3) is 0 Å². The van der Waals surface area contributed by atoms with E-state index in [-0.39, 0.29) is 0 Å². The minimum atomic E-state index is -1.03. The van der Waals surface area contributed by atoms with Gasteiger partial charge < -0.3 is 9.84 Å². The second-order valence-corrected chi connectivity index (χ2v) is 4.26. The molecule has 4 heteroatoms. The molecular weight excluding hydrogens is 254 g/mol. The van der Waals surface area contributed by atoms with Crippen LogP contribution in [-0.2, 0) is 4.79 Å². The molecule has 100 valence electrons. The normalized spacial score (nSPS) is 12.2. The van der Waals surface area contributed by atoms with Crippen molar-refractivity contribution < 1.29 is 14.6 Å². The lowest BCUT2D eigenvalue weighted by Crippen LogP contribution is -2.09. The van der Waals surface area contributed by atoms with E-state index in [1.165, 1.54) is 6.08 Å². The molecule has 0 fully saturated rings. The summed E-state index contributed by atoms with van der Waals surface area (Å²) in [5.41, 5.74) is 0.660. The largest absolute Gasteiger partial charge is 0.478 e. The predicted octanol–water partition coefficient (Wildman–Crippen LogP) is 3.23. The van der Waals surface area contributed by atoms with Crippen LogP contribution in [0.25, 0.3) is 16.8 Å². The van der Waals surface area contributed by atoms with Crippen LogP contribution in [0.3, 0.4) is 0 Å². The lowest BCUT2D eigenvalue weighted by atomic mass is 10.0. The summed E-state index contributed by atoms with van der Waals surface area (Å²) in [7, 11) is 0. The third kappa shape index (κ3) is 2.96. The van der Waals surface area contributed by atoms with Crippen LogP contribution >= 0.6 is 0 Å². The van der Waals surface area contributed by atoms with Crippen molar-refractivity contribution >= 4 is 22.8 Å². The number of nitriles is 1. The number of hydrogen-bond donors (Lipinski definition) is 1. The minimum Gasteiger partial charge on any atom is -0.478 e. The first kappa shape index (κ1) is 13.6. The Kier molecular flexibility index (Phi) is 4.02. The number of fused-ring (bicyclic) bond motifs is 1. The van der Waals surface area contributed by atoms with Crippen molar-refractivity contribution in [2.45, 2.75) is 13.0 Å². The van der Waals surface area contributed by atoms with E-state index in [4.69, 9.17) is 15.1 Å². The smallest absolute Gasteiger partial charge is 0.328 e. The van der Waals surface area contributed by atoms with E-state index >= 15 is 0 Å². The molecule has 0 aromatic heterocycles. The average Bonchev–Trinajstić information content (AvgIpc) is 2.45. The maximum Gasteiger partial charge on any atom is 0.328 e. The summed E-state index contributed by atoms with van der Waals surface area (Å²) in [6.07, 6.45) is 1.95. The summed E-state index contributed by atoms with van der Waals surface area (Å²) in [6.45, 7) is 1.64. The highest BCUT2D eigenvalue weighted by atomic mass is 16.5. The van der Waals surface area contributed by atoms with Gasteiger partial charge in [-0.1, -0.05) is 30.3 Å². The van der Waals surface area contributed by atoms with Crippen LogP contribution < -0.4 is 4.74 Å². The molecule has 0 aliphatic rings. The lowest BCUT2D eigenvalue weighted by Gasteiger charge is -2.13. The molecule has 0 aliphatic carbocycles. The first-order valence-electron chi connectivity index (χ1n) is 6.11. The Morgan fingerprint density at radius 1 is 1.35 bits per heavy atom. The number of nitrogens with zero attached hydrogens (tertiary/aromatic N) is 1. The maximum absolute atomic E-state index is 10.7. The van der Waals surface area contributed by atoms with E-state index < -0.39 is 12.1 Å². The van der Waals surface area contributed by atoms with E-state index in [0.29, 0.717) is 11.3 Å². The van der Waals surface area contributed by atoms with Crippen LogP contribution in [0, 0.1) is 11.3 Å². The fourth-order valence-corrected chi connectivity index (χ4v) is 1.92. The zero-order valence-corrected chi connectivity index (χ0v) is 10.9. The zero-order valence-electron chi connectivity index (χ0n) is 10.9. The molecule has 1 atom stereocenters. The van der Waals surface area contributed by atoms with Gasteiger partial charge in [-0.3, -0.25) is 0 Å². The van der Waals surface area contributed by atoms with Crippen LogP contribution in [0.1, 0.15) is 12.5 Å². The van der Waals surface area contributed by atoms with E-state index in [1.54, 1.807) is 13.0 Å². The Labute approximate surface area is 116 Å². The van der Waals surface area contributed by atoms with Gasteiger partial charge in [0.1, 0.15) is 11.8 Å². The van der Waals surface area contributed by atoms with Gasteiger partial charge in [0.05, 0.1) is 0 Å². The maximum atomic E-state index is 10.7. The topological polar surface area (TPSA) is 70.3 Å². The van der Waals surface area contributed by atoms with Crippen LogP contribution in [0.5, 0.6) is 5.75 Å². The monoisotopic (exact) mass is 267 g/mol. The van der Waals surface area contributed by atoms with Crippen LogP contribution in [-0.4, -0.2) is 17.2 Å². The van der Waals surface area contributed by atoms with Crippen LogP contribution in [0.2, 0.25) is 0 Å². The third-order valence-corrected chi connectivity index (χ3v) is 2.81. The zero-order chi connectivity index (χ0) is 14.5. The van der Waals surface area contributed by atoms with Crippen molar-refractivity contribution in [1.82, 2.24) is 0 Å². The molecule has 0 saturated heterocycles. The van der Waals surface area contributed by atoms with Crippen molar-refractivity contribution in [2.24, 2.45) is 0 Å². The fourth-order valence-electron chi connectivity index (χ4n) is 1.92. The Hall–Kier alpha value is -2.80. The van der Waals surface area contributed by atoms with Gasteiger partial charge in [0.2, 0.25) is 0 Å². The van der Waals surface area contributed by atoms with Crippen molar-refractivity contribution in [3.63, 3.8) is 0 Å². The van der Waals surface area contributed by atoms with Gasteiger partial charge in [-0.05, 0) is 29.8 Å². The summed E-state index contributed by atoms with van der Waals surface area (Å²) in [5.74, 6) is -0.535. The Balaban J connectivity index is 2.59. The molecule has 2 aromatic rings. The third-order valence-electron chi connectivity index (χ3n) is 2.81. The fraction of sp³-hybridized carbons (Fsp3) is 0.125. The number of rotatable bonds is 4. The summed E-state index contributed by atoms with van der Waals surface area (Å²) >= 11 is 0. The highest BCUT2D eigenvalue weighted by Gasteiger charge is 2.09. The van der Waals surface area contributed by atoms with E-state index in [0.717, 1.165) is 16.8 Å². The van der Waals surface area contributed by atoms with Crippen molar-refractivity contribution in [3.8, 4) is 11.8 Å². The number of ether oxygens (including phenoxy) is 1. The summed E-state index contributed by atoms with van der Waals surface area (Å²) in [6, 6.07) is 13.2. The first-order chi connectivity index (χ1) is 9.61. The van der Waals surface area contributed by atoms with Crippen LogP contribution in [0.15, 0.2) is 42.5 Å². The molecule has 0 aliphatic heterocycles. The molecule has 20 heavy (non-hydrogen) atoms. The Bertz CT molecular complexity index is 713. The summed E-state index contributed by atoms with van der Waals surface area (Å²) < 4.78 is 5.53. The predicted molar refractivity (Wildman–Crippen MR) is 76.3 cm³/mol. The molecular formula is C16H13NO3. The molecule has 0 heterocycles. The number of aliphatic carboxylic acids is 1. The molecule has 0 amide bonds. The van der Waals surface area contributed by atoms with Gasteiger partial charge in [-0.15, -0.1) is 0 Å². The first-order valence-corrected chi connectivity index (χ1v) is 6.11. The van der Waals surface area contributed by atoms with Crippen LogP contribution in [0.4, 0.5) is 0 Å². The van der Waals surface area contributed by atoms with Gasteiger partial charge in [0, 0.05) is 11.6 Å². The molecule has 1 unspecified atom stereocenters. The molecule has 0 radical (unpaired) electrons. The number of hydrogen-bond acceptors (Lipinski definition) is 3. The summed E-state index contributed by atoms with van der Waals surface area (Å²) in [5, 5.41) is 19.5. The second-order valence-electron chi connectivity index (χ2n) is 4.26. The van der Waals surface area contributed by atoms with Gasteiger partial charge in [-0.2, -0.15) is 5.26 Å². The van der Waals surface area contributed by atoms with E-state index in [1.807, 2.05) is 36.4 Å². The number of carboxylic acid groups (broad SMARTS) is 1. The number of carbonyl (C=O) groups is 1. The molecule has 0 spiro atoms. The number of carboxylic acids is 1. The molecule has 1 N–H and O–H groups in total. The van der Waals surface area contributed by atoms with E-state index in [9.17, 15) is 4.79 Å². The molecule has 0 bridgehead atoms. The quantitative estimate of drug-likeness (QED) is 0.863. The molecule has 4 nitrogen and oxygen atoms in total. The molecule has 2 aromatic carbocycles. The number of benzene rings is 2. The van der Waals surface area contributed by atoms with Crippen molar-refractivity contribution in [1.29, 1.82) is 5.26 Å². The van der Waals surface area contributed by atoms with E-state index in [2.05, 4.69) is 0 Å². The highest BCUT2D eigenvalue weighted by molar-refractivity contribution is 5.96. The van der Waals surface area contributed by atoms with Crippen molar-refractivity contribution in [3.05, 3.63) is 48.0 Å². The SMILES string of the molecule is CC(C#N)Oc1ccc2ccccc2c1C=CC(=O)O. The average molecular weight is 267 g/mol. The van der Waals surface area contributed by atoms with Gasteiger partial charge in [-0.25, -0.2) is 4.79 Å². The van der Waals surface area contributed by atoms with Crippen molar-refractivity contribution in [2.75, 3.05) is 0 Å². The lowest BCUT2D eigenvalue weighted by molar-refractivity contribution is -0.131. The van der Waals surface area contributed by atoms with Gasteiger partial charge >= 0.3 is 5.97 Å². The Morgan fingerprint density at radius 2 is 2.10 bits per heavy atom. The van der Waals surface area contributed by atoms with Gasteiger partial charge in [0.15, 0.2) is 6.10 Å². The Morgan fingerprint density at radius 3 is 2.80 bits per heavy atom. The standard InChI is InChI=1S/C16H13NO3/c1-11(10-17)20-15-8-6-12-4-2-3-5-13(12)14(15)7-9-16(18)19/h2-9,11H,1H3,(H,18,19).